The molecule has 0 saturated carbocycles. The molecular formula is C30H34ClN7O3. The van der Waals surface area contributed by atoms with Crippen LogP contribution in [0.5, 0.6) is 11.5 Å². The molecule has 0 fully saturated rings. The Balaban J connectivity index is 1.58. The van der Waals surface area contributed by atoms with E-state index in [1.54, 1.807) is 24.3 Å². The van der Waals surface area contributed by atoms with Crippen LogP contribution in [0.25, 0.3) is 10.9 Å². The summed E-state index contributed by atoms with van der Waals surface area (Å²) in [5, 5.41) is 21.6. The zero-order valence-corrected chi connectivity index (χ0v) is 24.5. The summed E-state index contributed by atoms with van der Waals surface area (Å²) in [7, 11) is 3.94. The van der Waals surface area contributed by atoms with E-state index in [1.807, 2.05) is 55.9 Å². The number of nitriles is 1. The van der Waals surface area contributed by atoms with Gasteiger partial charge in [-0.05, 0) is 71.2 Å². The highest BCUT2D eigenvalue weighted by Gasteiger charge is 2.16. The van der Waals surface area contributed by atoms with E-state index in [0.29, 0.717) is 76.2 Å². The molecule has 0 aliphatic heterocycles. The Morgan fingerprint density at radius 2 is 2.00 bits per heavy atom. The molecule has 0 radical (unpaired) electrons. The number of hydrogen-bond acceptors (Lipinski definition) is 8. The highest BCUT2D eigenvalue weighted by molar-refractivity contribution is 6.32. The van der Waals surface area contributed by atoms with Crippen LogP contribution in [0.1, 0.15) is 31.0 Å². The van der Waals surface area contributed by atoms with Crippen molar-refractivity contribution in [1.82, 2.24) is 19.7 Å². The monoisotopic (exact) mass is 575 g/mol. The van der Waals surface area contributed by atoms with Gasteiger partial charge in [0.05, 0.1) is 46.3 Å². The summed E-state index contributed by atoms with van der Waals surface area (Å²) in [4.78, 5) is 19.2. The number of ether oxygens (including phenoxy) is 2. The quantitative estimate of drug-likeness (QED) is 0.206. The first-order chi connectivity index (χ1) is 19.8. The number of fused-ring (bicyclic) bond motifs is 1. The Hall–Kier alpha value is -4.33. The summed E-state index contributed by atoms with van der Waals surface area (Å²) < 4.78 is 13.5. The number of anilines is 3. The molecule has 2 aromatic heterocycles. The van der Waals surface area contributed by atoms with Gasteiger partial charge < -0.3 is 25.0 Å². The van der Waals surface area contributed by atoms with Crippen molar-refractivity contribution in [3.05, 3.63) is 65.1 Å². The lowest BCUT2D eigenvalue weighted by molar-refractivity contribution is -0.116. The molecular weight excluding hydrogens is 542 g/mol. The van der Waals surface area contributed by atoms with Crippen LogP contribution < -0.4 is 20.1 Å². The van der Waals surface area contributed by atoms with Gasteiger partial charge in [0, 0.05) is 36.0 Å². The lowest BCUT2D eigenvalue weighted by Gasteiger charge is -2.17. The molecule has 41 heavy (non-hydrogen) atoms. The van der Waals surface area contributed by atoms with Crippen LogP contribution in [0.2, 0.25) is 5.02 Å². The number of carbonyl (C=O) groups excluding carboxylic acids is 1. The fraction of sp³-hybridized carbons (Fsp3) is 0.333. The third-order valence-electron chi connectivity index (χ3n) is 6.23. The van der Waals surface area contributed by atoms with Crippen molar-refractivity contribution in [2.45, 2.75) is 33.2 Å². The molecule has 4 rings (SSSR count). The topological polar surface area (TPSA) is 117 Å². The average molecular weight is 576 g/mol. The maximum Gasteiger partial charge on any atom is 0.224 e. The highest BCUT2D eigenvalue weighted by atomic mass is 35.5. The summed E-state index contributed by atoms with van der Waals surface area (Å²) in [6.07, 6.45) is 4.51. The fourth-order valence-electron chi connectivity index (χ4n) is 4.26. The van der Waals surface area contributed by atoms with E-state index in [1.165, 1.54) is 6.20 Å². The number of nitrogens with one attached hydrogen (secondary N) is 2. The second-order valence-electron chi connectivity index (χ2n) is 9.75. The predicted octanol–water partition coefficient (Wildman–Crippen LogP) is 5.77. The number of carbonyl (C=O) groups is 1. The molecule has 0 bridgehead atoms. The van der Waals surface area contributed by atoms with Crippen LogP contribution >= 0.6 is 11.6 Å². The standard InChI is InChI=1S/C30H34ClN7O3/c1-5-40-28-17-25-23(16-26(28)35-29(39)7-6-11-37(3)4)30(21(18-32)19-33-25)34-22-8-9-27(24(31)15-22)41-14-13-38-12-10-20(2)36-38/h8-10,12,15-17,19H,5-7,11,13-14H2,1-4H3,(H,33,34)(H,35,39). The van der Waals surface area contributed by atoms with Gasteiger partial charge in [0.15, 0.2) is 0 Å². The lowest BCUT2D eigenvalue weighted by atomic mass is 10.1. The zero-order chi connectivity index (χ0) is 29.4. The largest absolute Gasteiger partial charge is 0.492 e. The highest BCUT2D eigenvalue weighted by Crippen LogP contribution is 2.37. The number of benzene rings is 2. The van der Waals surface area contributed by atoms with Crippen molar-refractivity contribution in [1.29, 1.82) is 5.26 Å². The molecule has 0 aliphatic rings. The smallest absolute Gasteiger partial charge is 0.224 e. The van der Waals surface area contributed by atoms with Gasteiger partial charge in [0.1, 0.15) is 24.2 Å². The number of nitrogens with zero attached hydrogens (tertiary/aromatic N) is 5. The predicted molar refractivity (Wildman–Crippen MR) is 161 cm³/mol. The van der Waals surface area contributed by atoms with Crippen molar-refractivity contribution in [3.63, 3.8) is 0 Å². The lowest BCUT2D eigenvalue weighted by Crippen LogP contribution is -2.17. The molecule has 2 N–H and O–H groups in total. The van der Waals surface area contributed by atoms with E-state index in [9.17, 15) is 10.1 Å². The summed E-state index contributed by atoms with van der Waals surface area (Å²) in [5.41, 5.74) is 3.63. The van der Waals surface area contributed by atoms with Gasteiger partial charge in [0.2, 0.25) is 5.91 Å². The van der Waals surface area contributed by atoms with Crippen molar-refractivity contribution < 1.29 is 14.3 Å². The maximum absolute atomic E-state index is 12.7. The summed E-state index contributed by atoms with van der Waals surface area (Å²) in [6.45, 7) is 6.05. The van der Waals surface area contributed by atoms with E-state index in [4.69, 9.17) is 21.1 Å². The van der Waals surface area contributed by atoms with E-state index >= 15 is 0 Å². The Labute approximate surface area is 244 Å². The molecule has 0 unspecified atom stereocenters. The molecule has 0 aliphatic carbocycles. The minimum absolute atomic E-state index is 0.115. The van der Waals surface area contributed by atoms with E-state index in [2.05, 4.69) is 26.8 Å². The third-order valence-corrected chi connectivity index (χ3v) is 6.52. The number of pyridine rings is 1. The van der Waals surface area contributed by atoms with Gasteiger partial charge in [-0.15, -0.1) is 0 Å². The molecule has 2 aromatic carbocycles. The number of hydrogen-bond donors (Lipinski definition) is 2. The molecule has 1 amide bonds. The first-order valence-electron chi connectivity index (χ1n) is 13.4. The normalized spacial score (nSPS) is 11.0. The van der Waals surface area contributed by atoms with Crippen LogP contribution in [0.4, 0.5) is 17.1 Å². The van der Waals surface area contributed by atoms with Crippen molar-refractivity contribution >= 4 is 45.5 Å². The zero-order valence-electron chi connectivity index (χ0n) is 23.7. The van der Waals surface area contributed by atoms with Gasteiger partial charge in [-0.2, -0.15) is 10.4 Å². The molecule has 4 aromatic rings. The van der Waals surface area contributed by atoms with E-state index < -0.39 is 0 Å². The van der Waals surface area contributed by atoms with E-state index in [-0.39, 0.29) is 5.91 Å². The Morgan fingerprint density at radius 1 is 1.17 bits per heavy atom. The van der Waals surface area contributed by atoms with Gasteiger partial charge in [-0.1, -0.05) is 11.6 Å². The van der Waals surface area contributed by atoms with Crippen LogP contribution in [-0.4, -0.2) is 59.4 Å². The van der Waals surface area contributed by atoms with Crippen molar-refractivity contribution in [2.24, 2.45) is 0 Å². The van der Waals surface area contributed by atoms with E-state index in [0.717, 1.165) is 18.7 Å². The molecule has 214 valence electrons. The maximum atomic E-state index is 12.7. The number of halogens is 1. The minimum Gasteiger partial charge on any atom is -0.492 e. The fourth-order valence-corrected chi connectivity index (χ4v) is 4.49. The number of aryl methyl sites for hydroxylation is 1. The second-order valence-corrected chi connectivity index (χ2v) is 10.2. The number of amides is 1. The van der Waals surface area contributed by atoms with Gasteiger partial charge in [-0.25, -0.2) is 0 Å². The Kier molecular flexibility index (Phi) is 10.0. The first-order valence-corrected chi connectivity index (χ1v) is 13.8. The van der Waals surface area contributed by atoms with Crippen LogP contribution in [0.15, 0.2) is 48.8 Å². The molecule has 11 heteroatoms. The van der Waals surface area contributed by atoms with Gasteiger partial charge in [0.25, 0.3) is 0 Å². The number of rotatable bonds is 13. The summed E-state index contributed by atoms with van der Waals surface area (Å²) in [6, 6.07) is 13.0. The first kappa shape index (κ1) is 29.6. The molecule has 0 saturated heterocycles. The second kappa shape index (κ2) is 13.8. The molecule has 2 heterocycles. The molecule has 10 nitrogen and oxygen atoms in total. The Morgan fingerprint density at radius 3 is 2.68 bits per heavy atom. The third kappa shape index (κ3) is 7.87. The van der Waals surface area contributed by atoms with Crippen molar-refractivity contribution in [2.75, 3.05) is 44.5 Å². The summed E-state index contributed by atoms with van der Waals surface area (Å²) >= 11 is 6.54. The molecule has 0 atom stereocenters. The minimum atomic E-state index is -0.115. The summed E-state index contributed by atoms with van der Waals surface area (Å²) in [5.74, 6) is 0.942. The van der Waals surface area contributed by atoms with Crippen LogP contribution in [0, 0.1) is 18.3 Å². The number of aromatic nitrogens is 3. The van der Waals surface area contributed by atoms with Gasteiger partial charge in [-0.3, -0.25) is 14.5 Å². The molecule has 0 spiro atoms. The average Bonchev–Trinajstić information content (AvgIpc) is 3.35. The SMILES string of the molecule is CCOc1cc2ncc(C#N)c(Nc3ccc(OCCn4ccc(C)n4)c(Cl)c3)c2cc1NC(=O)CCCN(C)C. The van der Waals surface area contributed by atoms with Crippen LogP contribution in [-0.2, 0) is 11.3 Å². The van der Waals surface area contributed by atoms with Crippen molar-refractivity contribution in [3.8, 4) is 17.6 Å². The van der Waals surface area contributed by atoms with Crippen LogP contribution in [0.3, 0.4) is 0 Å². The van der Waals surface area contributed by atoms with Gasteiger partial charge >= 0.3 is 0 Å². The Bertz CT molecular complexity index is 1560.